The summed E-state index contributed by atoms with van der Waals surface area (Å²) in [5.41, 5.74) is 5.63. The first kappa shape index (κ1) is 17.5. The number of hydrogen-bond acceptors (Lipinski definition) is 6. The summed E-state index contributed by atoms with van der Waals surface area (Å²) in [6, 6.07) is 0. The van der Waals surface area contributed by atoms with Gasteiger partial charge >= 0.3 is 0 Å². The lowest BCUT2D eigenvalue weighted by molar-refractivity contribution is -0.127. The molecule has 1 saturated heterocycles. The minimum absolute atomic E-state index is 0.0309. The minimum Gasteiger partial charge on any atom is -0.473 e. The number of nitrogens with zero attached hydrogens (tertiary/aromatic N) is 4. The van der Waals surface area contributed by atoms with Crippen molar-refractivity contribution in [2.45, 2.75) is 18.9 Å². The van der Waals surface area contributed by atoms with E-state index in [1.807, 2.05) is 30.0 Å². The van der Waals surface area contributed by atoms with Crippen molar-refractivity contribution in [2.75, 3.05) is 39.5 Å². The Balaban J connectivity index is 1.83. The van der Waals surface area contributed by atoms with Crippen LogP contribution in [0.25, 0.3) is 0 Å². The zero-order valence-electron chi connectivity index (χ0n) is 13.4. The van der Waals surface area contributed by atoms with Gasteiger partial charge in [-0.15, -0.1) is 0 Å². The highest BCUT2D eigenvalue weighted by Crippen LogP contribution is 2.28. The SMILES string of the molecule is CN(C)C/C=C/C(=O)N1CCC(Oc2ncnc(N)c2Cl)CC1. The molecule has 7 nitrogen and oxygen atoms in total. The summed E-state index contributed by atoms with van der Waals surface area (Å²) in [4.78, 5) is 23.7. The van der Waals surface area contributed by atoms with Gasteiger partial charge in [0.2, 0.25) is 11.8 Å². The van der Waals surface area contributed by atoms with Crippen molar-refractivity contribution < 1.29 is 9.53 Å². The number of carbonyl (C=O) groups is 1. The second-order valence-electron chi connectivity index (χ2n) is 5.69. The lowest BCUT2D eigenvalue weighted by Gasteiger charge is -2.31. The Morgan fingerprint density at radius 2 is 2.17 bits per heavy atom. The van der Waals surface area contributed by atoms with E-state index in [0.717, 1.165) is 19.4 Å². The molecule has 1 aromatic rings. The maximum atomic E-state index is 12.1. The molecule has 2 rings (SSSR count). The molecule has 0 saturated carbocycles. The van der Waals surface area contributed by atoms with Gasteiger partial charge in [0, 0.05) is 38.6 Å². The molecule has 126 valence electrons. The lowest BCUT2D eigenvalue weighted by atomic mass is 10.1. The number of nitrogens with two attached hydrogens (primary N) is 1. The van der Waals surface area contributed by atoms with Crippen LogP contribution >= 0.6 is 11.6 Å². The first-order valence-corrected chi connectivity index (χ1v) is 7.88. The Hall–Kier alpha value is -1.86. The van der Waals surface area contributed by atoms with Crippen LogP contribution in [0.2, 0.25) is 5.02 Å². The number of likely N-dealkylation sites (tertiary alicyclic amines) is 1. The number of halogens is 1. The van der Waals surface area contributed by atoms with Gasteiger partial charge in [0.1, 0.15) is 23.3 Å². The van der Waals surface area contributed by atoms with Gasteiger partial charge < -0.3 is 20.3 Å². The summed E-state index contributed by atoms with van der Waals surface area (Å²) in [6.45, 7) is 2.04. The van der Waals surface area contributed by atoms with Crippen molar-refractivity contribution in [1.29, 1.82) is 0 Å². The number of piperidine rings is 1. The number of aromatic nitrogens is 2. The molecular formula is C15H22ClN5O2. The summed E-state index contributed by atoms with van der Waals surface area (Å²) in [5.74, 6) is 0.541. The number of ether oxygens (including phenoxy) is 1. The van der Waals surface area contributed by atoms with E-state index in [0.29, 0.717) is 19.0 Å². The first-order valence-electron chi connectivity index (χ1n) is 7.50. The molecule has 1 aliphatic rings. The predicted octanol–water partition coefficient (Wildman–Crippen LogP) is 1.20. The maximum absolute atomic E-state index is 12.1. The summed E-state index contributed by atoms with van der Waals surface area (Å²) >= 11 is 6.02. The van der Waals surface area contributed by atoms with Gasteiger partial charge in [-0.25, -0.2) is 9.97 Å². The molecular weight excluding hydrogens is 318 g/mol. The average molecular weight is 340 g/mol. The van der Waals surface area contributed by atoms with Crippen LogP contribution < -0.4 is 10.5 Å². The van der Waals surface area contributed by atoms with Crippen LogP contribution in [-0.4, -0.2) is 65.5 Å². The number of nitrogen functional groups attached to an aromatic ring is 1. The monoisotopic (exact) mass is 339 g/mol. The lowest BCUT2D eigenvalue weighted by Crippen LogP contribution is -2.41. The molecule has 0 bridgehead atoms. The van der Waals surface area contributed by atoms with E-state index in [1.54, 1.807) is 6.08 Å². The fraction of sp³-hybridized carbons (Fsp3) is 0.533. The molecule has 8 heteroatoms. The van der Waals surface area contributed by atoms with Gasteiger partial charge in [0.05, 0.1) is 0 Å². The fourth-order valence-electron chi connectivity index (χ4n) is 2.27. The van der Waals surface area contributed by atoms with Gasteiger partial charge in [-0.05, 0) is 14.1 Å². The number of anilines is 1. The van der Waals surface area contributed by atoms with E-state index in [1.165, 1.54) is 6.33 Å². The van der Waals surface area contributed by atoms with Crippen molar-refractivity contribution in [3.8, 4) is 5.88 Å². The van der Waals surface area contributed by atoms with Gasteiger partial charge in [0.25, 0.3) is 0 Å². The van der Waals surface area contributed by atoms with Crippen molar-refractivity contribution >= 4 is 23.3 Å². The average Bonchev–Trinajstić information content (AvgIpc) is 2.52. The molecule has 0 atom stereocenters. The third kappa shape index (κ3) is 5.07. The quantitative estimate of drug-likeness (QED) is 0.811. The van der Waals surface area contributed by atoms with Crippen molar-refractivity contribution in [3.05, 3.63) is 23.5 Å². The Labute approximate surface area is 141 Å². The van der Waals surface area contributed by atoms with Crippen LogP contribution in [0.1, 0.15) is 12.8 Å². The fourth-order valence-corrected chi connectivity index (χ4v) is 2.41. The van der Waals surface area contributed by atoms with E-state index >= 15 is 0 Å². The van der Waals surface area contributed by atoms with Crippen LogP contribution in [-0.2, 0) is 4.79 Å². The highest BCUT2D eigenvalue weighted by Gasteiger charge is 2.24. The van der Waals surface area contributed by atoms with E-state index < -0.39 is 0 Å². The Bertz CT molecular complexity index is 571. The molecule has 0 unspecified atom stereocenters. The Morgan fingerprint density at radius 1 is 1.48 bits per heavy atom. The zero-order valence-corrected chi connectivity index (χ0v) is 14.2. The molecule has 1 aromatic heterocycles. The maximum Gasteiger partial charge on any atom is 0.246 e. The van der Waals surface area contributed by atoms with Gasteiger partial charge in [-0.1, -0.05) is 17.7 Å². The number of carbonyl (C=O) groups excluding carboxylic acids is 1. The molecule has 0 spiro atoms. The summed E-state index contributed by atoms with van der Waals surface area (Å²) < 4.78 is 5.78. The highest BCUT2D eigenvalue weighted by atomic mass is 35.5. The van der Waals surface area contributed by atoms with Crippen LogP contribution in [0.3, 0.4) is 0 Å². The third-order valence-corrected chi connectivity index (χ3v) is 3.90. The van der Waals surface area contributed by atoms with Crippen LogP contribution in [0.4, 0.5) is 5.82 Å². The van der Waals surface area contributed by atoms with Crippen molar-refractivity contribution in [2.24, 2.45) is 0 Å². The van der Waals surface area contributed by atoms with E-state index in [9.17, 15) is 4.79 Å². The van der Waals surface area contributed by atoms with E-state index in [-0.39, 0.29) is 22.9 Å². The van der Waals surface area contributed by atoms with Crippen LogP contribution in [0.5, 0.6) is 5.88 Å². The number of rotatable bonds is 5. The minimum atomic E-state index is -0.0309. The molecule has 2 N–H and O–H groups in total. The summed E-state index contributed by atoms with van der Waals surface area (Å²) in [6.07, 6.45) is 6.25. The number of amides is 1. The summed E-state index contributed by atoms with van der Waals surface area (Å²) in [5, 5.41) is 0.234. The van der Waals surface area contributed by atoms with Crippen LogP contribution in [0.15, 0.2) is 18.5 Å². The number of hydrogen-bond donors (Lipinski definition) is 1. The zero-order chi connectivity index (χ0) is 16.8. The van der Waals surface area contributed by atoms with E-state index in [4.69, 9.17) is 22.1 Å². The van der Waals surface area contributed by atoms with Crippen molar-refractivity contribution in [1.82, 2.24) is 19.8 Å². The van der Waals surface area contributed by atoms with Gasteiger partial charge in [-0.2, -0.15) is 0 Å². The Morgan fingerprint density at radius 3 is 2.83 bits per heavy atom. The second-order valence-corrected chi connectivity index (χ2v) is 6.06. The molecule has 1 amide bonds. The Kier molecular flexibility index (Phi) is 6.18. The molecule has 1 fully saturated rings. The molecule has 0 aliphatic carbocycles. The second kappa shape index (κ2) is 8.12. The van der Waals surface area contributed by atoms with Gasteiger partial charge in [0.15, 0.2) is 0 Å². The molecule has 23 heavy (non-hydrogen) atoms. The highest BCUT2D eigenvalue weighted by molar-refractivity contribution is 6.33. The van der Waals surface area contributed by atoms with Crippen LogP contribution in [0, 0.1) is 0 Å². The first-order chi connectivity index (χ1) is 11.0. The molecule has 0 aromatic carbocycles. The predicted molar refractivity (Wildman–Crippen MR) is 89.4 cm³/mol. The smallest absolute Gasteiger partial charge is 0.246 e. The van der Waals surface area contributed by atoms with Crippen molar-refractivity contribution in [3.63, 3.8) is 0 Å². The van der Waals surface area contributed by atoms with Gasteiger partial charge in [-0.3, -0.25) is 4.79 Å². The van der Waals surface area contributed by atoms with E-state index in [2.05, 4.69) is 9.97 Å². The molecule has 1 aliphatic heterocycles. The topological polar surface area (TPSA) is 84.6 Å². The molecule has 0 radical (unpaired) electrons. The normalized spacial score (nSPS) is 16.3. The molecule has 2 heterocycles. The third-order valence-electron chi connectivity index (χ3n) is 3.55. The standard InChI is InChI=1S/C15H22ClN5O2/c1-20(2)7-3-4-12(22)21-8-5-11(6-9-21)23-15-13(16)14(17)18-10-19-15/h3-4,10-11H,5-9H2,1-2H3,(H2,17,18,19)/b4-3+. The largest absolute Gasteiger partial charge is 0.473 e. The number of likely N-dealkylation sites (N-methyl/N-ethyl adjacent to an activating group) is 1. The summed E-state index contributed by atoms with van der Waals surface area (Å²) in [7, 11) is 3.92.